The summed E-state index contributed by atoms with van der Waals surface area (Å²) in [5, 5.41) is 12.0. The Morgan fingerprint density at radius 1 is 1.18 bits per heavy atom. The number of aromatic nitrogens is 4. The summed E-state index contributed by atoms with van der Waals surface area (Å²) in [5.74, 6) is 0.0372. The van der Waals surface area contributed by atoms with E-state index in [1.165, 1.54) is 17.4 Å². The van der Waals surface area contributed by atoms with E-state index in [1.807, 2.05) is 44.6 Å². The molecule has 0 bridgehead atoms. The van der Waals surface area contributed by atoms with Crippen molar-refractivity contribution in [2.24, 2.45) is 0 Å². The third-order valence-corrected chi connectivity index (χ3v) is 6.47. The molecule has 0 aliphatic carbocycles. The van der Waals surface area contributed by atoms with Crippen LogP contribution in [0.4, 0.5) is 5.69 Å². The highest BCUT2D eigenvalue weighted by Gasteiger charge is 2.13. The highest BCUT2D eigenvalue weighted by molar-refractivity contribution is 7.18. The summed E-state index contributed by atoms with van der Waals surface area (Å²) in [6, 6.07) is 14.3. The van der Waals surface area contributed by atoms with Gasteiger partial charge in [0, 0.05) is 38.2 Å². The molecule has 3 aromatic heterocycles. The van der Waals surface area contributed by atoms with Crippen LogP contribution in [0.2, 0.25) is 4.34 Å². The fourth-order valence-corrected chi connectivity index (χ4v) is 4.44. The lowest BCUT2D eigenvalue weighted by Crippen LogP contribution is -2.21. The molecule has 0 radical (unpaired) electrons. The van der Waals surface area contributed by atoms with E-state index in [2.05, 4.69) is 20.5 Å². The fourth-order valence-electron chi connectivity index (χ4n) is 3.43. The van der Waals surface area contributed by atoms with E-state index in [9.17, 15) is 9.59 Å². The summed E-state index contributed by atoms with van der Waals surface area (Å²) in [4.78, 5) is 27.4. The molecule has 10 heteroatoms. The molecule has 1 aromatic carbocycles. The molecule has 34 heavy (non-hydrogen) atoms. The molecule has 0 spiro atoms. The van der Waals surface area contributed by atoms with E-state index in [-0.39, 0.29) is 11.3 Å². The number of hydrogen-bond acceptors (Lipinski definition) is 7. The van der Waals surface area contributed by atoms with Crippen LogP contribution in [-0.4, -0.2) is 57.4 Å². The van der Waals surface area contributed by atoms with Crippen LogP contribution in [0.25, 0.3) is 11.4 Å². The zero-order valence-corrected chi connectivity index (χ0v) is 20.5. The van der Waals surface area contributed by atoms with Crippen LogP contribution in [0.1, 0.15) is 21.8 Å². The Bertz CT molecular complexity index is 1340. The van der Waals surface area contributed by atoms with Crippen LogP contribution < -0.4 is 10.9 Å². The number of halogens is 1. The maximum Gasteiger partial charge on any atom is 0.255 e. The molecule has 0 aliphatic rings. The number of Topliss-reactive ketones (excluding diaryl/α,β-unsaturated/α-hetero) is 1. The number of benzene rings is 1. The van der Waals surface area contributed by atoms with Crippen molar-refractivity contribution in [1.82, 2.24) is 24.5 Å². The van der Waals surface area contributed by atoms with E-state index < -0.39 is 0 Å². The number of nitrogens with zero attached hydrogens (tertiary/aromatic N) is 5. The van der Waals surface area contributed by atoms with Crippen molar-refractivity contribution in [3.05, 3.63) is 86.2 Å². The Balaban J connectivity index is 1.56. The number of thiophene rings is 1. The number of rotatable bonds is 10. The van der Waals surface area contributed by atoms with Crippen LogP contribution in [-0.2, 0) is 6.42 Å². The van der Waals surface area contributed by atoms with Gasteiger partial charge in [-0.05, 0) is 50.5 Å². The second-order valence-corrected chi connectivity index (χ2v) is 9.74. The van der Waals surface area contributed by atoms with Crippen molar-refractivity contribution in [2.45, 2.75) is 12.8 Å². The largest absolute Gasteiger partial charge is 0.382 e. The normalized spacial score (nSPS) is 11.2. The zero-order chi connectivity index (χ0) is 24.1. The second kappa shape index (κ2) is 10.8. The summed E-state index contributed by atoms with van der Waals surface area (Å²) in [5.41, 5.74) is 3.01. The third-order valence-electron chi connectivity index (χ3n) is 5.20. The van der Waals surface area contributed by atoms with Gasteiger partial charge in [0.25, 0.3) is 5.56 Å². The predicted octanol–water partition coefficient (Wildman–Crippen LogP) is 3.92. The summed E-state index contributed by atoms with van der Waals surface area (Å²) < 4.78 is 3.89. The first-order chi connectivity index (χ1) is 16.4. The first-order valence-corrected chi connectivity index (χ1v) is 12.0. The second-order valence-electron chi connectivity index (χ2n) is 8.02. The van der Waals surface area contributed by atoms with Crippen LogP contribution in [0, 0.1) is 0 Å². The summed E-state index contributed by atoms with van der Waals surface area (Å²) in [6.45, 7) is 1.55. The van der Waals surface area contributed by atoms with Crippen LogP contribution in [0.5, 0.6) is 0 Å². The lowest BCUT2D eigenvalue weighted by Gasteiger charge is -2.16. The number of nitrogens with one attached hydrogen (secondary N) is 1. The standard InChI is InChI=1S/C24H25ClN6O2S/c1-29(2)14-12-26-19-15-18(30-13-4-3-5-24(30)33)7-8-20(19)31-16-17(27-28-31)6-9-21(32)22-10-11-23(25)34-22/h3-5,7-8,10-11,13,15-16,26H,6,9,12,14H2,1-2H3. The molecule has 0 fully saturated rings. The van der Waals surface area contributed by atoms with Gasteiger partial charge in [-0.25, -0.2) is 4.68 Å². The van der Waals surface area contributed by atoms with E-state index in [1.54, 1.807) is 33.6 Å². The van der Waals surface area contributed by atoms with Gasteiger partial charge >= 0.3 is 0 Å². The Morgan fingerprint density at radius 3 is 2.76 bits per heavy atom. The van der Waals surface area contributed by atoms with Gasteiger partial charge in [0.05, 0.1) is 38.2 Å². The molecule has 0 amide bonds. The minimum atomic E-state index is -0.103. The molecule has 0 saturated carbocycles. The molecule has 4 rings (SSSR count). The van der Waals surface area contributed by atoms with Crippen LogP contribution in [0.3, 0.4) is 0 Å². The molecule has 0 atom stereocenters. The van der Waals surface area contributed by atoms with Crippen molar-refractivity contribution < 1.29 is 4.79 Å². The number of ketones is 1. The van der Waals surface area contributed by atoms with Gasteiger partial charge in [-0.2, -0.15) is 0 Å². The van der Waals surface area contributed by atoms with Gasteiger partial charge in [0.1, 0.15) is 0 Å². The SMILES string of the molecule is CN(C)CCNc1cc(-n2ccccc2=O)ccc1-n1cc(CCC(=O)c2ccc(Cl)s2)nn1. The Labute approximate surface area is 206 Å². The molecule has 0 unspecified atom stereocenters. The quantitative estimate of drug-likeness (QED) is 0.335. The smallest absolute Gasteiger partial charge is 0.255 e. The monoisotopic (exact) mass is 496 g/mol. The van der Waals surface area contributed by atoms with Crippen molar-refractivity contribution >= 4 is 34.4 Å². The third kappa shape index (κ3) is 5.80. The number of likely N-dealkylation sites (N-methyl/N-ethyl adjacent to an activating group) is 1. The zero-order valence-electron chi connectivity index (χ0n) is 18.9. The highest BCUT2D eigenvalue weighted by Crippen LogP contribution is 2.25. The van der Waals surface area contributed by atoms with Gasteiger partial charge in [0.2, 0.25) is 0 Å². The number of anilines is 1. The van der Waals surface area contributed by atoms with Gasteiger partial charge < -0.3 is 10.2 Å². The van der Waals surface area contributed by atoms with Gasteiger partial charge in [-0.3, -0.25) is 14.2 Å². The maximum absolute atomic E-state index is 12.4. The van der Waals surface area contributed by atoms with Crippen molar-refractivity contribution in [3.63, 3.8) is 0 Å². The number of hydrogen-bond donors (Lipinski definition) is 1. The minimum absolute atomic E-state index is 0.0372. The molecule has 3 heterocycles. The summed E-state index contributed by atoms with van der Waals surface area (Å²) in [6.07, 6.45) is 4.39. The highest BCUT2D eigenvalue weighted by atomic mass is 35.5. The fraction of sp³-hybridized carbons (Fsp3) is 0.250. The molecular weight excluding hydrogens is 472 g/mol. The average Bonchev–Trinajstić information content (AvgIpc) is 3.47. The Kier molecular flexibility index (Phi) is 7.56. The van der Waals surface area contributed by atoms with Crippen molar-refractivity contribution in [1.29, 1.82) is 0 Å². The van der Waals surface area contributed by atoms with E-state index >= 15 is 0 Å². The van der Waals surface area contributed by atoms with Crippen molar-refractivity contribution in [2.75, 3.05) is 32.5 Å². The van der Waals surface area contributed by atoms with Crippen molar-refractivity contribution in [3.8, 4) is 11.4 Å². The molecule has 176 valence electrons. The Hall–Kier alpha value is -3.27. The molecule has 8 nitrogen and oxygen atoms in total. The molecule has 0 saturated heterocycles. The van der Waals surface area contributed by atoms with Gasteiger partial charge in [0.15, 0.2) is 5.78 Å². The Morgan fingerprint density at radius 2 is 2.03 bits per heavy atom. The molecule has 0 aliphatic heterocycles. The first kappa shape index (κ1) is 23.9. The lowest BCUT2D eigenvalue weighted by molar-refractivity contribution is 0.0986. The van der Waals surface area contributed by atoms with E-state index in [0.29, 0.717) is 28.6 Å². The molecule has 1 N–H and O–H groups in total. The maximum atomic E-state index is 12.4. The van der Waals surface area contributed by atoms with Crippen LogP contribution in [0.15, 0.2) is 65.7 Å². The lowest BCUT2D eigenvalue weighted by atomic mass is 10.1. The minimum Gasteiger partial charge on any atom is -0.382 e. The van der Waals surface area contributed by atoms with Gasteiger partial charge in [-0.1, -0.05) is 22.9 Å². The molecular formula is C24H25ClN6O2S. The first-order valence-electron chi connectivity index (χ1n) is 10.8. The number of pyridine rings is 1. The van der Waals surface area contributed by atoms with Gasteiger partial charge in [-0.15, -0.1) is 16.4 Å². The number of carbonyl (C=O) groups is 1. The topological polar surface area (TPSA) is 85.0 Å². The summed E-state index contributed by atoms with van der Waals surface area (Å²) >= 11 is 7.22. The predicted molar refractivity (Wildman–Crippen MR) is 136 cm³/mol. The van der Waals surface area contributed by atoms with E-state index in [0.717, 1.165) is 29.3 Å². The van der Waals surface area contributed by atoms with Crippen LogP contribution >= 0.6 is 22.9 Å². The average molecular weight is 497 g/mol. The van der Waals surface area contributed by atoms with E-state index in [4.69, 9.17) is 11.6 Å². The molecule has 4 aromatic rings. The number of aryl methyl sites for hydroxylation is 1. The summed E-state index contributed by atoms with van der Waals surface area (Å²) in [7, 11) is 4.02. The number of carbonyl (C=O) groups excluding carboxylic acids is 1.